The molecular formula is C13H18BrN. The second kappa shape index (κ2) is 5.13. The molecule has 0 bridgehead atoms. The van der Waals surface area contributed by atoms with Gasteiger partial charge in [-0.3, -0.25) is 0 Å². The minimum Gasteiger partial charge on any atom is -0.327 e. The SMILES string of the molecule is NC1CCCCCC1c1ccccc1Br. The summed E-state index contributed by atoms with van der Waals surface area (Å²) >= 11 is 3.63. The summed E-state index contributed by atoms with van der Waals surface area (Å²) in [5.74, 6) is 0.545. The van der Waals surface area contributed by atoms with E-state index in [0.29, 0.717) is 12.0 Å². The summed E-state index contributed by atoms with van der Waals surface area (Å²) in [6, 6.07) is 8.84. The normalized spacial score (nSPS) is 27.3. The van der Waals surface area contributed by atoms with E-state index in [9.17, 15) is 0 Å². The topological polar surface area (TPSA) is 26.0 Å². The molecular weight excluding hydrogens is 250 g/mol. The molecule has 82 valence electrons. The summed E-state index contributed by atoms with van der Waals surface area (Å²) in [4.78, 5) is 0. The molecule has 2 rings (SSSR count). The average molecular weight is 268 g/mol. The molecule has 2 unspecified atom stereocenters. The molecule has 1 aliphatic carbocycles. The van der Waals surface area contributed by atoms with Crippen molar-refractivity contribution >= 4 is 15.9 Å². The Balaban J connectivity index is 2.24. The lowest BCUT2D eigenvalue weighted by atomic mass is 9.88. The van der Waals surface area contributed by atoms with Gasteiger partial charge in [-0.1, -0.05) is 53.4 Å². The third-order valence-corrected chi connectivity index (χ3v) is 4.10. The molecule has 1 fully saturated rings. The van der Waals surface area contributed by atoms with Gasteiger partial charge in [0.1, 0.15) is 0 Å². The van der Waals surface area contributed by atoms with Gasteiger partial charge in [0.15, 0.2) is 0 Å². The maximum Gasteiger partial charge on any atom is 0.0210 e. The van der Waals surface area contributed by atoms with Crippen molar-refractivity contribution in [1.82, 2.24) is 0 Å². The van der Waals surface area contributed by atoms with Crippen molar-refractivity contribution in [3.63, 3.8) is 0 Å². The third-order valence-electron chi connectivity index (χ3n) is 3.37. The van der Waals surface area contributed by atoms with Crippen LogP contribution >= 0.6 is 15.9 Å². The molecule has 0 radical (unpaired) electrons. The van der Waals surface area contributed by atoms with Gasteiger partial charge >= 0.3 is 0 Å². The van der Waals surface area contributed by atoms with Crippen LogP contribution in [0.3, 0.4) is 0 Å². The molecule has 1 nitrogen and oxygen atoms in total. The quantitative estimate of drug-likeness (QED) is 0.770. The van der Waals surface area contributed by atoms with E-state index in [1.54, 1.807) is 0 Å². The zero-order valence-corrected chi connectivity index (χ0v) is 10.5. The average Bonchev–Trinajstić information content (AvgIpc) is 2.44. The van der Waals surface area contributed by atoms with E-state index < -0.39 is 0 Å². The fourth-order valence-electron chi connectivity index (χ4n) is 2.50. The summed E-state index contributed by atoms with van der Waals surface area (Å²) in [7, 11) is 0. The van der Waals surface area contributed by atoms with Crippen molar-refractivity contribution in [1.29, 1.82) is 0 Å². The summed E-state index contributed by atoms with van der Waals surface area (Å²) < 4.78 is 1.22. The first-order chi connectivity index (χ1) is 7.29. The lowest BCUT2D eigenvalue weighted by Crippen LogP contribution is -2.27. The molecule has 1 aromatic rings. The smallest absolute Gasteiger partial charge is 0.0210 e. The van der Waals surface area contributed by atoms with Crippen LogP contribution < -0.4 is 5.73 Å². The van der Waals surface area contributed by atoms with Crippen LogP contribution in [0.15, 0.2) is 28.7 Å². The highest BCUT2D eigenvalue weighted by Gasteiger charge is 2.23. The fraction of sp³-hybridized carbons (Fsp3) is 0.538. The van der Waals surface area contributed by atoms with Crippen molar-refractivity contribution < 1.29 is 0 Å². The van der Waals surface area contributed by atoms with E-state index >= 15 is 0 Å². The van der Waals surface area contributed by atoms with Gasteiger partial charge < -0.3 is 5.73 Å². The third kappa shape index (κ3) is 2.61. The molecule has 2 heteroatoms. The maximum absolute atomic E-state index is 6.26. The molecule has 1 aromatic carbocycles. The van der Waals surface area contributed by atoms with E-state index in [4.69, 9.17) is 5.73 Å². The number of hydrogen-bond donors (Lipinski definition) is 1. The van der Waals surface area contributed by atoms with Gasteiger partial charge in [-0.2, -0.15) is 0 Å². The second-order valence-corrected chi connectivity index (χ2v) is 5.28. The minimum atomic E-state index is 0.339. The zero-order chi connectivity index (χ0) is 10.7. The van der Waals surface area contributed by atoms with Gasteiger partial charge in [0.25, 0.3) is 0 Å². The molecule has 2 N–H and O–H groups in total. The molecule has 1 saturated carbocycles. The number of nitrogens with two attached hydrogens (primary N) is 1. The van der Waals surface area contributed by atoms with Crippen molar-refractivity contribution in [2.45, 2.75) is 44.1 Å². The monoisotopic (exact) mass is 267 g/mol. The summed E-state index contributed by atoms with van der Waals surface area (Å²) in [6.07, 6.45) is 6.37. The second-order valence-electron chi connectivity index (χ2n) is 4.43. The molecule has 1 aliphatic rings. The molecule has 0 aliphatic heterocycles. The van der Waals surface area contributed by atoms with Crippen molar-refractivity contribution in [3.8, 4) is 0 Å². The predicted molar refractivity (Wildman–Crippen MR) is 67.9 cm³/mol. The highest BCUT2D eigenvalue weighted by atomic mass is 79.9. The largest absolute Gasteiger partial charge is 0.327 e. The van der Waals surface area contributed by atoms with E-state index in [0.717, 1.165) is 0 Å². The Morgan fingerprint density at radius 2 is 1.80 bits per heavy atom. The van der Waals surface area contributed by atoms with Crippen LogP contribution in [0, 0.1) is 0 Å². The van der Waals surface area contributed by atoms with Gasteiger partial charge in [-0.25, -0.2) is 0 Å². The van der Waals surface area contributed by atoms with Crippen molar-refractivity contribution in [2.75, 3.05) is 0 Å². The van der Waals surface area contributed by atoms with Crippen LogP contribution in [0.1, 0.15) is 43.6 Å². The Labute approximate surface area is 100 Å². The van der Waals surface area contributed by atoms with Crippen LogP contribution in [0.2, 0.25) is 0 Å². The maximum atomic E-state index is 6.26. The van der Waals surface area contributed by atoms with Gasteiger partial charge in [0.2, 0.25) is 0 Å². The van der Waals surface area contributed by atoms with Crippen LogP contribution in [-0.4, -0.2) is 6.04 Å². The molecule has 0 amide bonds. The van der Waals surface area contributed by atoms with Crippen molar-refractivity contribution in [3.05, 3.63) is 34.3 Å². The summed E-state index contributed by atoms with van der Waals surface area (Å²) in [6.45, 7) is 0. The molecule has 15 heavy (non-hydrogen) atoms. The Kier molecular flexibility index (Phi) is 3.81. The van der Waals surface area contributed by atoms with E-state index in [2.05, 4.69) is 40.2 Å². The van der Waals surface area contributed by atoms with Gasteiger partial charge in [-0.05, 0) is 24.5 Å². The van der Waals surface area contributed by atoms with Crippen LogP contribution in [0.5, 0.6) is 0 Å². The summed E-state index contributed by atoms with van der Waals surface area (Å²) in [5.41, 5.74) is 7.65. The van der Waals surface area contributed by atoms with E-state index in [1.807, 2.05) is 0 Å². The number of rotatable bonds is 1. The molecule has 0 spiro atoms. The highest BCUT2D eigenvalue weighted by molar-refractivity contribution is 9.10. The standard InChI is InChI=1S/C13H18BrN/c14-12-8-5-4-6-10(12)11-7-2-1-3-9-13(11)15/h4-6,8,11,13H,1-3,7,9,15H2. The van der Waals surface area contributed by atoms with Crippen LogP contribution in [0.4, 0.5) is 0 Å². The lowest BCUT2D eigenvalue weighted by molar-refractivity contribution is 0.503. The minimum absolute atomic E-state index is 0.339. The van der Waals surface area contributed by atoms with Gasteiger partial charge in [0.05, 0.1) is 0 Å². The zero-order valence-electron chi connectivity index (χ0n) is 8.95. The first-order valence-corrected chi connectivity index (χ1v) is 6.58. The predicted octanol–water partition coefficient (Wildman–Crippen LogP) is 3.82. The Bertz CT molecular complexity index is 324. The lowest BCUT2D eigenvalue weighted by Gasteiger charge is -2.22. The van der Waals surface area contributed by atoms with Crippen LogP contribution in [0.25, 0.3) is 0 Å². The Morgan fingerprint density at radius 3 is 2.60 bits per heavy atom. The Hall–Kier alpha value is -0.340. The van der Waals surface area contributed by atoms with Crippen molar-refractivity contribution in [2.24, 2.45) is 5.73 Å². The first kappa shape index (κ1) is 11.2. The van der Waals surface area contributed by atoms with E-state index in [1.165, 1.54) is 42.1 Å². The van der Waals surface area contributed by atoms with E-state index in [-0.39, 0.29) is 0 Å². The van der Waals surface area contributed by atoms with Gasteiger partial charge in [-0.15, -0.1) is 0 Å². The van der Waals surface area contributed by atoms with Gasteiger partial charge in [0, 0.05) is 16.4 Å². The Morgan fingerprint density at radius 1 is 1.07 bits per heavy atom. The molecule has 0 aromatic heterocycles. The molecule has 0 heterocycles. The first-order valence-electron chi connectivity index (χ1n) is 5.79. The number of hydrogen-bond acceptors (Lipinski definition) is 1. The highest BCUT2D eigenvalue weighted by Crippen LogP contribution is 2.34. The van der Waals surface area contributed by atoms with Crippen LogP contribution in [-0.2, 0) is 0 Å². The number of benzene rings is 1. The number of halogens is 1. The summed E-state index contributed by atoms with van der Waals surface area (Å²) in [5, 5.41) is 0. The molecule has 2 atom stereocenters. The fourth-order valence-corrected chi connectivity index (χ4v) is 3.08. The molecule has 0 saturated heterocycles.